The van der Waals surface area contributed by atoms with Crippen molar-refractivity contribution in [1.82, 2.24) is 0 Å². The smallest absolute Gasteiger partial charge is 0.0210 e. The molecule has 0 nitrogen and oxygen atoms in total. The molecule has 0 aromatic heterocycles. The van der Waals surface area contributed by atoms with E-state index in [0.717, 1.165) is 16.7 Å². The molecule has 0 atom stereocenters. The molecule has 15 heavy (non-hydrogen) atoms. The van der Waals surface area contributed by atoms with E-state index in [1.807, 2.05) is 0 Å². The Hall–Kier alpha value is 0. The van der Waals surface area contributed by atoms with Gasteiger partial charge in [0, 0.05) is 0 Å². The maximum atomic E-state index is 1.62. The van der Waals surface area contributed by atoms with E-state index >= 15 is 0 Å². The first-order valence-corrected chi connectivity index (χ1v) is 7.37. The minimum Gasteiger partial charge on any atom is -0.0530 e. The van der Waals surface area contributed by atoms with Crippen molar-refractivity contribution >= 4 is 0 Å². The molecular formula is C15H24. The lowest BCUT2D eigenvalue weighted by molar-refractivity contribution is -0.0440. The molecule has 0 radical (unpaired) electrons. The van der Waals surface area contributed by atoms with Crippen LogP contribution in [-0.2, 0) is 0 Å². The number of rotatable bonds is 3. The first kappa shape index (κ1) is 9.07. The predicted molar refractivity (Wildman–Crippen MR) is 62.6 cm³/mol. The molecule has 4 rings (SSSR count). The zero-order valence-electron chi connectivity index (χ0n) is 9.93. The Bertz CT molecular complexity index is 260. The van der Waals surface area contributed by atoms with Gasteiger partial charge in [0.25, 0.3) is 0 Å². The predicted octanol–water partition coefficient (Wildman–Crippen LogP) is 4.54. The van der Waals surface area contributed by atoms with E-state index in [2.05, 4.69) is 0 Å². The van der Waals surface area contributed by atoms with Crippen LogP contribution in [-0.4, -0.2) is 0 Å². The quantitative estimate of drug-likeness (QED) is 0.633. The Balaban J connectivity index is 1.64. The molecule has 0 heteroatoms. The molecule has 0 bridgehead atoms. The van der Waals surface area contributed by atoms with Crippen molar-refractivity contribution < 1.29 is 0 Å². The molecule has 4 fully saturated rings. The standard InChI is InChI=1S/C15H24/c1-2-5-12(4-1)14(8-3-9-14)15(10-11-15)13-6-7-13/h12-13H,1-11H2. The van der Waals surface area contributed by atoms with Gasteiger partial charge in [-0.15, -0.1) is 0 Å². The lowest BCUT2D eigenvalue weighted by Crippen LogP contribution is -2.45. The summed E-state index contributed by atoms with van der Waals surface area (Å²) in [4.78, 5) is 0. The van der Waals surface area contributed by atoms with Gasteiger partial charge in [-0.05, 0) is 74.0 Å². The van der Waals surface area contributed by atoms with E-state index in [9.17, 15) is 0 Å². The van der Waals surface area contributed by atoms with Crippen molar-refractivity contribution in [2.75, 3.05) is 0 Å². The molecule has 0 heterocycles. The van der Waals surface area contributed by atoms with Gasteiger partial charge in [0.05, 0.1) is 0 Å². The minimum atomic E-state index is 0.894. The average Bonchev–Trinajstić information content (AvgIpc) is 3.04. The van der Waals surface area contributed by atoms with Gasteiger partial charge in [-0.1, -0.05) is 19.3 Å². The molecule has 0 aliphatic heterocycles. The molecule has 0 saturated heterocycles. The summed E-state index contributed by atoms with van der Waals surface area (Å²) in [6.45, 7) is 0. The van der Waals surface area contributed by atoms with Crippen molar-refractivity contribution in [3.05, 3.63) is 0 Å². The third-order valence-electron chi connectivity index (χ3n) is 6.52. The van der Waals surface area contributed by atoms with Crippen molar-refractivity contribution in [3.63, 3.8) is 0 Å². The first-order valence-electron chi connectivity index (χ1n) is 7.37. The summed E-state index contributed by atoms with van der Waals surface area (Å²) in [6.07, 6.45) is 17.5. The van der Waals surface area contributed by atoms with Crippen LogP contribution < -0.4 is 0 Å². The van der Waals surface area contributed by atoms with Gasteiger partial charge in [0.15, 0.2) is 0 Å². The zero-order chi connectivity index (χ0) is 9.93. The number of hydrogen-bond donors (Lipinski definition) is 0. The normalized spacial score (nSPS) is 37.6. The fourth-order valence-corrected chi connectivity index (χ4v) is 5.43. The summed E-state index contributed by atoms with van der Waals surface area (Å²) in [5, 5.41) is 0. The van der Waals surface area contributed by atoms with E-state index in [-0.39, 0.29) is 0 Å². The second kappa shape index (κ2) is 2.81. The van der Waals surface area contributed by atoms with Crippen LogP contribution in [0.3, 0.4) is 0 Å². The monoisotopic (exact) mass is 204 g/mol. The lowest BCUT2D eigenvalue weighted by Gasteiger charge is -2.54. The van der Waals surface area contributed by atoms with Crippen LogP contribution in [0.25, 0.3) is 0 Å². The summed E-state index contributed by atoms with van der Waals surface area (Å²) in [5.41, 5.74) is 1.81. The number of hydrogen-bond acceptors (Lipinski definition) is 0. The minimum absolute atomic E-state index is 0.894. The lowest BCUT2D eigenvalue weighted by atomic mass is 9.51. The van der Waals surface area contributed by atoms with Gasteiger partial charge in [0.1, 0.15) is 0 Å². The molecule has 0 aromatic carbocycles. The highest BCUT2D eigenvalue weighted by Gasteiger charge is 2.68. The highest BCUT2D eigenvalue weighted by Crippen LogP contribution is 2.78. The fourth-order valence-electron chi connectivity index (χ4n) is 5.43. The van der Waals surface area contributed by atoms with E-state index in [1.165, 1.54) is 5.92 Å². The third-order valence-corrected chi connectivity index (χ3v) is 6.52. The highest BCUT2D eigenvalue weighted by atomic mass is 14.7. The van der Waals surface area contributed by atoms with Crippen LogP contribution in [0, 0.1) is 22.7 Å². The fraction of sp³-hybridized carbons (Fsp3) is 1.00. The molecule has 0 N–H and O–H groups in total. The van der Waals surface area contributed by atoms with E-state index < -0.39 is 0 Å². The Labute approximate surface area is 93.8 Å². The largest absolute Gasteiger partial charge is 0.0530 e. The third kappa shape index (κ3) is 1.04. The summed E-state index contributed by atoms with van der Waals surface area (Å²) in [6, 6.07) is 0. The van der Waals surface area contributed by atoms with E-state index in [1.54, 1.807) is 70.6 Å². The van der Waals surface area contributed by atoms with Crippen LogP contribution in [0.15, 0.2) is 0 Å². The maximum Gasteiger partial charge on any atom is -0.0210 e. The second-order valence-electron chi connectivity index (χ2n) is 6.92. The topological polar surface area (TPSA) is 0 Å². The van der Waals surface area contributed by atoms with Crippen molar-refractivity contribution in [1.29, 1.82) is 0 Å². The Morgan fingerprint density at radius 2 is 1.07 bits per heavy atom. The van der Waals surface area contributed by atoms with E-state index in [0.29, 0.717) is 0 Å². The van der Waals surface area contributed by atoms with Crippen LogP contribution >= 0.6 is 0 Å². The molecule has 4 aliphatic carbocycles. The molecule has 0 amide bonds. The summed E-state index contributed by atoms with van der Waals surface area (Å²) < 4.78 is 0. The molecule has 0 aromatic rings. The summed E-state index contributed by atoms with van der Waals surface area (Å²) >= 11 is 0. The molecular weight excluding hydrogens is 180 g/mol. The van der Waals surface area contributed by atoms with Gasteiger partial charge < -0.3 is 0 Å². The second-order valence-corrected chi connectivity index (χ2v) is 6.92. The van der Waals surface area contributed by atoms with Crippen LogP contribution in [0.4, 0.5) is 0 Å². The van der Waals surface area contributed by atoms with Gasteiger partial charge in [-0.25, -0.2) is 0 Å². The molecule has 0 unspecified atom stereocenters. The Kier molecular flexibility index (Phi) is 1.70. The summed E-state index contributed by atoms with van der Waals surface area (Å²) in [5.74, 6) is 2.35. The van der Waals surface area contributed by atoms with Crippen molar-refractivity contribution in [2.24, 2.45) is 22.7 Å². The summed E-state index contributed by atoms with van der Waals surface area (Å²) in [7, 11) is 0. The highest BCUT2D eigenvalue weighted by molar-refractivity contribution is 5.18. The van der Waals surface area contributed by atoms with Gasteiger partial charge in [-0.2, -0.15) is 0 Å². The van der Waals surface area contributed by atoms with Crippen LogP contribution in [0.5, 0.6) is 0 Å². The van der Waals surface area contributed by atoms with Crippen molar-refractivity contribution in [2.45, 2.75) is 70.6 Å². The molecule has 0 spiro atoms. The van der Waals surface area contributed by atoms with Crippen LogP contribution in [0.1, 0.15) is 70.6 Å². The van der Waals surface area contributed by atoms with Crippen molar-refractivity contribution in [3.8, 4) is 0 Å². The zero-order valence-corrected chi connectivity index (χ0v) is 9.93. The maximum absolute atomic E-state index is 1.62. The Morgan fingerprint density at radius 1 is 0.533 bits per heavy atom. The Morgan fingerprint density at radius 3 is 1.47 bits per heavy atom. The van der Waals surface area contributed by atoms with Gasteiger partial charge in [-0.3, -0.25) is 0 Å². The molecule has 4 aliphatic rings. The van der Waals surface area contributed by atoms with Gasteiger partial charge >= 0.3 is 0 Å². The van der Waals surface area contributed by atoms with Crippen LogP contribution in [0.2, 0.25) is 0 Å². The molecule has 84 valence electrons. The average molecular weight is 204 g/mol. The van der Waals surface area contributed by atoms with E-state index in [4.69, 9.17) is 0 Å². The first-order chi connectivity index (χ1) is 7.37. The molecule has 4 saturated carbocycles. The van der Waals surface area contributed by atoms with Gasteiger partial charge in [0.2, 0.25) is 0 Å². The SMILES string of the molecule is C1CCC(C2(C3(C4CC4)CC3)CCC2)C1.